The van der Waals surface area contributed by atoms with Crippen molar-refractivity contribution < 1.29 is 13.2 Å². The largest absolute Gasteiger partial charge is 0.328 e. The second-order valence-electron chi connectivity index (χ2n) is 9.25. The molecule has 178 valence electrons. The summed E-state index contributed by atoms with van der Waals surface area (Å²) in [6, 6.07) is 16.6. The first-order valence-electron chi connectivity index (χ1n) is 12.1. The van der Waals surface area contributed by atoms with Gasteiger partial charge in [0.05, 0.1) is 11.8 Å². The predicted octanol–water partition coefficient (Wildman–Crippen LogP) is 4.06. The first-order valence-corrected chi connectivity index (χ1v) is 13.7. The zero-order valence-electron chi connectivity index (χ0n) is 19.7. The second-order valence-corrected chi connectivity index (χ2v) is 11.3. The van der Waals surface area contributed by atoms with E-state index in [-0.39, 0.29) is 23.9 Å². The van der Waals surface area contributed by atoms with Gasteiger partial charge in [-0.15, -0.1) is 0 Å². The van der Waals surface area contributed by atoms with Crippen molar-refractivity contribution in [2.45, 2.75) is 57.5 Å². The number of carbonyl (C=O) groups is 1. The summed E-state index contributed by atoms with van der Waals surface area (Å²) in [7, 11) is -1.50. The monoisotopic (exact) mass is 469 g/mol. The highest BCUT2D eigenvalue weighted by atomic mass is 32.2. The molecule has 1 N–H and O–H groups in total. The Kier molecular flexibility index (Phi) is 7.39. The highest BCUT2D eigenvalue weighted by Crippen LogP contribution is 2.29. The lowest BCUT2D eigenvalue weighted by Gasteiger charge is -2.32. The summed E-state index contributed by atoms with van der Waals surface area (Å²) in [5.41, 5.74) is 4.90. The first-order chi connectivity index (χ1) is 15.9. The number of rotatable bonds is 3. The predicted molar refractivity (Wildman–Crippen MR) is 133 cm³/mol. The fraction of sp³-hybridized carbons (Fsp3) is 0.500. The summed E-state index contributed by atoms with van der Waals surface area (Å²) in [4.78, 5) is 17.0. The zero-order valence-corrected chi connectivity index (χ0v) is 20.5. The van der Waals surface area contributed by atoms with Crippen LogP contribution < -0.4 is 4.72 Å². The SMILES string of the molecule is CCS(=O)(=O)NC1CCN2C(=O)N(C)CCCCCc3ccccc3-c3cccc(c3)CC12. The molecule has 2 atom stereocenters. The number of sulfonamides is 1. The van der Waals surface area contributed by atoms with Gasteiger partial charge in [0.2, 0.25) is 10.0 Å². The van der Waals surface area contributed by atoms with E-state index in [0.29, 0.717) is 25.9 Å². The number of aryl methyl sites for hydroxylation is 1. The standard InChI is InChI=1S/C26H35N3O3S/c1-3-33(31,32)27-24-15-17-29-25(24)19-20-10-9-13-22(18-20)23-14-7-6-12-21(23)11-5-4-8-16-28(2)26(29)30/h6-7,9-10,12-14,18,24-25,27H,3-5,8,11,15-17,19H2,1-2H3. The van der Waals surface area contributed by atoms with Crippen molar-refractivity contribution in [3.63, 3.8) is 0 Å². The highest BCUT2D eigenvalue weighted by Gasteiger charge is 2.39. The lowest BCUT2D eigenvalue weighted by molar-refractivity contribution is 0.154. The third-order valence-corrected chi connectivity index (χ3v) is 8.39. The number of carbonyl (C=O) groups excluding carboxylic acids is 1. The van der Waals surface area contributed by atoms with Crippen molar-refractivity contribution in [2.24, 2.45) is 0 Å². The molecule has 2 aliphatic rings. The van der Waals surface area contributed by atoms with Crippen LogP contribution >= 0.6 is 0 Å². The quantitative estimate of drug-likeness (QED) is 0.737. The van der Waals surface area contributed by atoms with Crippen LogP contribution in [0.15, 0.2) is 48.5 Å². The normalized spacial score (nSPS) is 22.3. The van der Waals surface area contributed by atoms with Gasteiger partial charge in [-0.25, -0.2) is 17.9 Å². The van der Waals surface area contributed by atoms with E-state index in [2.05, 4.69) is 53.3 Å². The van der Waals surface area contributed by atoms with Crippen LogP contribution in [0.2, 0.25) is 0 Å². The van der Waals surface area contributed by atoms with Gasteiger partial charge in [-0.3, -0.25) is 0 Å². The van der Waals surface area contributed by atoms with Crippen molar-refractivity contribution in [3.8, 4) is 11.1 Å². The van der Waals surface area contributed by atoms with Gasteiger partial charge in [-0.2, -0.15) is 0 Å². The van der Waals surface area contributed by atoms with Crippen molar-refractivity contribution >= 4 is 16.1 Å². The number of fused-ring (bicyclic) bond motifs is 5. The molecule has 0 aromatic heterocycles. The van der Waals surface area contributed by atoms with Crippen molar-refractivity contribution in [3.05, 3.63) is 59.7 Å². The Bertz CT molecular complexity index is 1090. The fourth-order valence-electron chi connectivity index (χ4n) is 5.08. The highest BCUT2D eigenvalue weighted by molar-refractivity contribution is 7.89. The van der Waals surface area contributed by atoms with Crippen LogP contribution in [0.25, 0.3) is 11.1 Å². The van der Waals surface area contributed by atoms with Gasteiger partial charge >= 0.3 is 6.03 Å². The van der Waals surface area contributed by atoms with Gasteiger partial charge in [0.25, 0.3) is 0 Å². The van der Waals surface area contributed by atoms with Crippen molar-refractivity contribution in [2.75, 3.05) is 25.9 Å². The lowest BCUT2D eigenvalue weighted by atomic mass is 9.93. The summed E-state index contributed by atoms with van der Waals surface area (Å²) in [5.74, 6) is 0.0380. The van der Waals surface area contributed by atoms with E-state index < -0.39 is 10.0 Å². The molecule has 1 saturated heterocycles. The molecule has 4 rings (SSSR count). The molecular weight excluding hydrogens is 434 g/mol. The van der Waals surface area contributed by atoms with Crippen LogP contribution in [-0.2, 0) is 22.9 Å². The van der Waals surface area contributed by atoms with Crippen LogP contribution in [0.1, 0.15) is 43.7 Å². The average molecular weight is 470 g/mol. The third-order valence-electron chi connectivity index (χ3n) is 6.97. The fourth-order valence-corrected chi connectivity index (χ4v) is 5.98. The Hall–Kier alpha value is -2.38. The molecule has 1 fully saturated rings. The first kappa shape index (κ1) is 23.8. The van der Waals surface area contributed by atoms with Gasteiger partial charge in [0.15, 0.2) is 0 Å². The van der Waals surface area contributed by atoms with Crippen LogP contribution in [0.4, 0.5) is 4.79 Å². The molecule has 2 unspecified atom stereocenters. The molecule has 33 heavy (non-hydrogen) atoms. The van der Waals surface area contributed by atoms with E-state index in [1.54, 1.807) is 11.8 Å². The van der Waals surface area contributed by atoms with E-state index >= 15 is 0 Å². The van der Waals surface area contributed by atoms with Gasteiger partial charge in [0, 0.05) is 26.2 Å². The summed E-state index contributed by atoms with van der Waals surface area (Å²) in [6.07, 6.45) is 5.38. The second kappa shape index (κ2) is 10.3. The minimum Gasteiger partial charge on any atom is -0.328 e. The number of nitrogens with zero attached hydrogens (tertiary/aromatic N) is 2. The Morgan fingerprint density at radius 2 is 1.85 bits per heavy atom. The molecule has 6 nitrogen and oxygen atoms in total. The molecule has 2 amide bonds. The Morgan fingerprint density at radius 3 is 2.67 bits per heavy atom. The maximum Gasteiger partial charge on any atom is 0.320 e. The number of hydrogen-bond donors (Lipinski definition) is 1. The molecule has 0 aliphatic carbocycles. The smallest absolute Gasteiger partial charge is 0.320 e. The summed E-state index contributed by atoms with van der Waals surface area (Å²) in [6.45, 7) is 2.92. The number of urea groups is 1. The Balaban J connectivity index is 1.71. The zero-order chi connectivity index (χ0) is 23.4. The van der Waals surface area contributed by atoms with Gasteiger partial charge in [0.1, 0.15) is 0 Å². The third kappa shape index (κ3) is 5.58. The minimum absolute atomic E-state index is 0.00694. The molecule has 2 aromatic carbocycles. The molecule has 2 aromatic rings. The van der Waals surface area contributed by atoms with E-state index in [9.17, 15) is 13.2 Å². The van der Waals surface area contributed by atoms with Crippen LogP contribution in [0.5, 0.6) is 0 Å². The molecule has 0 radical (unpaired) electrons. The van der Waals surface area contributed by atoms with Crippen LogP contribution in [0, 0.1) is 0 Å². The molecule has 7 heteroatoms. The maximum absolute atomic E-state index is 13.3. The van der Waals surface area contributed by atoms with E-state index in [0.717, 1.165) is 31.2 Å². The van der Waals surface area contributed by atoms with Crippen LogP contribution in [-0.4, -0.2) is 62.2 Å². The van der Waals surface area contributed by atoms with Gasteiger partial charge in [-0.1, -0.05) is 55.0 Å². The van der Waals surface area contributed by atoms with Crippen LogP contribution in [0.3, 0.4) is 0 Å². The lowest BCUT2D eigenvalue weighted by Crippen LogP contribution is -2.51. The van der Waals surface area contributed by atoms with Gasteiger partial charge < -0.3 is 9.80 Å². The molecule has 2 heterocycles. The summed E-state index contributed by atoms with van der Waals surface area (Å²) < 4.78 is 27.6. The maximum atomic E-state index is 13.3. The molecule has 2 aliphatic heterocycles. The van der Waals surface area contributed by atoms with Gasteiger partial charge in [-0.05, 0) is 61.3 Å². The number of nitrogens with one attached hydrogen (secondary N) is 1. The van der Waals surface area contributed by atoms with Crippen molar-refractivity contribution in [1.82, 2.24) is 14.5 Å². The van der Waals surface area contributed by atoms with E-state index in [1.165, 1.54) is 16.7 Å². The number of amides is 2. The average Bonchev–Trinajstić information content (AvgIpc) is 3.19. The molecule has 2 bridgehead atoms. The van der Waals surface area contributed by atoms with Crippen molar-refractivity contribution in [1.29, 1.82) is 0 Å². The van der Waals surface area contributed by atoms with E-state index in [1.807, 2.05) is 11.9 Å². The summed E-state index contributed by atoms with van der Waals surface area (Å²) >= 11 is 0. The molecule has 0 spiro atoms. The molecule has 0 saturated carbocycles. The topological polar surface area (TPSA) is 69.7 Å². The Morgan fingerprint density at radius 1 is 1.03 bits per heavy atom. The molecular formula is C26H35N3O3S. The summed E-state index contributed by atoms with van der Waals surface area (Å²) in [5, 5.41) is 0. The minimum atomic E-state index is -3.36. The number of benzene rings is 2. The number of hydrogen-bond acceptors (Lipinski definition) is 3. The van der Waals surface area contributed by atoms with E-state index in [4.69, 9.17) is 0 Å². The Labute approximate surface area is 198 Å².